The average Bonchev–Trinajstić information content (AvgIpc) is 2.73. The number of likely N-dealkylation sites (tertiary alicyclic amines) is 1. The van der Waals surface area contributed by atoms with Crippen molar-refractivity contribution in [1.29, 1.82) is 0 Å². The second-order valence-electron chi connectivity index (χ2n) is 5.94. The summed E-state index contributed by atoms with van der Waals surface area (Å²) >= 11 is 0. The second kappa shape index (κ2) is 4.63. The molecule has 0 amide bonds. The fourth-order valence-corrected chi connectivity index (χ4v) is 3.44. The summed E-state index contributed by atoms with van der Waals surface area (Å²) in [6, 6.07) is 0.640. The van der Waals surface area contributed by atoms with E-state index in [1.54, 1.807) is 0 Å². The van der Waals surface area contributed by atoms with Crippen molar-refractivity contribution in [1.82, 2.24) is 4.90 Å². The molecule has 3 heteroatoms. The first-order chi connectivity index (χ1) is 7.59. The maximum atomic E-state index is 6.03. The Hall–Kier alpha value is -0.120. The highest BCUT2D eigenvalue weighted by Gasteiger charge is 2.44. The van der Waals surface area contributed by atoms with Crippen LogP contribution < -0.4 is 5.73 Å². The van der Waals surface area contributed by atoms with E-state index in [-0.39, 0.29) is 5.54 Å². The van der Waals surface area contributed by atoms with Gasteiger partial charge in [0.25, 0.3) is 0 Å². The number of hydrogen-bond donors (Lipinski definition) is 1. The highest BCUT2D eigenvalue weighted by Crippen LogP contribution is 2.35. The van der Waals surface area contributed by atoms with Crippen LogP contribution in [-0.2, 0) is 4.74 Å². The van der Waals surface area contributed by atoms with Crippen molar-refractivity contribution in [2.75, 3.05) is 26.3 Å². The van der Waals surface area contributed by atoms with Crippen molar-refractivity contribution in [2.24, 2.45) is 17.6 Å². The summed E-state index contributed by atoms with van der Waals surface area (Å²) in [5.41, 5.74) is 6.16. The Morgan fingerprint density at radius 1 is 1.38 bits per heavy atom. The van der Waals surface area contributed by atoms with E-state index in [2.05, 4.69) is 25.7 Å². The van der Waals surface area contributed by atoms with Crippen LogP contribution in [0.4, 0.5) is 0 Å². The van der Waals surface area contributed by atoms with Crippen LogP contribution in [0, 0.1) is 11.8 Å². The van der Waals surface area contributed by atoms with Crippen molar-refractivity contribution in [2.45, 2.75) is 45.2 Å². The summed E-state index contributed by atoms with van der Waals surface area (Å²) in [6.45, 7) is 10.7. The van der Waals surface area contributed by atoms with E-state index in [0.717, 1.165) is 38.0 Å². The standard InChI is InChI=1S/C13H26N2O/c1-10-6-11(2)12(3)15(7-10)13(8-14)4-5-16-9-13/h10-12H,4-9,14H2,1-3H3. The molecule has 4 atom stereocenters. The third kappa shape index (κ3) is 2.01. The maximum Gasteiger partial charge on any atom is 0.0663 e. The molecule has 2 saturated heterocycles. The molecule has 2 heterocycles. The van der Waals surface area contributed by atoms with Crippen LogP contribution in [0.25, 0.3) is 0 Å². The zero-order chi connectivity index (χ0) is 11.8. The maximum absolute atomic E-state index is 6.03. The minimum Gasteiger partial charge on any atom is -0.379 e. The first-order valence-electron chi connectivity index (χ1n) is 6.63. The fraction of sp³-hybridized carbons (Fsp3) is 1.00. The van der Waals surface area contributed by atoms with Crippen LogP contribution in [0.2, 0.25) is 0 Å². The first-order valence-corrected chi connectivity index (χ1v) is 6.63. The van der Waals surface area contributed by atoms with Gasteiger partial charge in [0, 0.05) is 25.7 Å². The first kappa shape index (κ1) is 12.3. The van der Waals surface area contributed by atoms with E-state index in [0.29, 0.717) is 6.04 Å². The van der Waals surface area contributed by atoms with Crippen molar-refractivity contribution >= 4 is 0 Å². The second-order valence-corrected chi connectivity index (χ2v) is 5.94. The fourth-order valence-electron chi connectivity index (χ4n) is 3.44. The van der Waals surface area contributed by atoms with Gasteiger partial charge in [-0.3, -0.25) is 4.90 Å². The third-order valence-corrected chi connectivity index (χ3v) is 4.67. The molecule has 0 aromatic rings. The van der Waals surface area contributed by atoms with E-state index in [1.165, 1.54) is 13.0 Å². The Bertz CT molecular complexity index is 238. The van der Waals surface area contributed by atoms with Crippen molar-refractivity contribution in [3.05, 3.63) is 0 Å². The predicted octanol–water partition coefficient (Wildman–Crippen LogP) is 1.47. The van der Waals surface area contributed by atoms with Gasteiger partial charge in [0.05, 0.1) is 12.1 Å². The number of hydrogen-bond acceptors (Lipinski definition) is 3. The van der Waals surface area contributed by atoms with Crippen LogP contribution in [0.5, 0.6) is 0 Å². The van der Waals surface area contributed by atoms with Gasteiger partial charge in [0.1, 0.15) is 0 Å². The molecule has 94 valence electrons. The quantitative estimate of drug-likeness (QED) is 0.775. The molecule has 2 aliphatic rings. The number of nitrogens with zero attached hydrogens (tertiary/aromatic N) is 1. The average molecular weight is 226 g/mol. The molecular weight excluding hydrogens is 200 g/mol. The summed E-state index contributed by atoms with van der Waals surface area (Å²) in [4.78, 5) is 2.64. The lowest BCUT2D eigenvalue weighted by molar-refractivity contribution is -0.0203. The molecule has 2 N–H and O–H groups in total. The molecule has 0 aliphatic carbocycles. The predicted molar refractivity (Wildman–Crippen MR) is 66.3 cm³/mol. The van der Waals surface area contributed by atoms with Gasteiger partial charge >= 0.3 is 0 Å². The Morgan fingerprint density at radius 2 is 2.12 bits per heavy atom. The molecule has 2 aliphatic heterocycles. The zero-order valence-electron chi connectivity index (χ0n) is 10.9. The molecule has 16 heavy (non-hydrogen) atoms. The van der Waals surface area contributed by atoms with E-state index in [1.807, 2.05) is 0 Å². The number of piperidine rings is 1. The summed E-state index contributed by atoms with van der Waals surface area (Å²) in [6.07, 6.45) is 2.45. The molecule has 4 unspecified atom stereocenters. The Morgan fingerprint density at radius 3 is 2.69 bits per heavy atom. The summed E-state index contributed by atoms with van der Waals surface area (Å²) in [5, 5.41) is 0. The highest BCUT2D eigenvalue weighted by molar-refractivity contribution is 5.00. The minimum atomic E-state index is 0.127. The summed E-state index contributed by atoms with van der Waals surface area (Å²) in [5.74, 6) is 1.56. The summed E-state index contributed by atoms with van der Waals surface area (Å²) < 4.78 is 5.60. The zero-order valence-corrected chi connectivity index (χ0v) is 10.9. The highest BCUT2D eigenvalue weighted by atomic mass is 16.5. The Balaban J connectivity index is 2.16. The van der Waals surface area contributed by atoms with E-state index < -0.39 is 0 Å². The smallest absolute Gasteiger partial charge is 0.0663 e. The van der Waals surface area contributed by atoms with Crippen molar-refractivity contribution in [3.8, 4) is 0 Å². The largest absolute Gasteiger partial charge is 0.379 e. The number of ether oxygens (including phenoxy) is 1. The van der Waals surface area contributed by atoms with Gasteiger partial charge in [-0.2, -0.15) is 0 Å². The van der Waals surface area contributed by atoms with Gasteiger partial charge in [-0.05, 0) is 31.6 Å². The lowest BCUT2D eigenvalue weighted by Gasteiger charge is -2.50. The van der Waals surface area contributed by atoms with Gasteiger partial charge in [-0.15, -0.1) is 0 Å². The molecular formula is C13H26N2O. The molecule has 0 radical (unpaired) electrons. The Kier molecular flexibility index (Phi) is 3.57. The topological polar surface area (TPSA) is 38.5 Å². The van der Waals surface area contributed by atoms with Crippen LogP contribution >= 0.6 is 0 Å². The molecule has 0 saturated carbocycles. The SMILES string of the molecule is CC1CC(C)C(C)N(C2(CN)CCOC2)C1. The van der Waals surface area contributed by atoms with Crippen LogP contribution in [0.1, 0.15) is 33.6 Å². The molecule has 0 bridgehead atoms. The van der Waals surface area contributed by atoms with Crippen LogP contribution in [-0.4, -0.2) is 42.8 Å². The lowest BCUT2D eigenvalue weighted by Crippen LogP contribution is -2.62. The Labute approximate surface area is 99.3 Å². The minimum absolute atomic E-state index is 0.127. The normalized spacial score (nSPS) is 46.1. The van der Waals surface area contributed by atoms with E-state index >= 15 is 0 Å². The van der Waals surface area contributed by atoms with Crippen LogP contribution in [0.3, 0.4) is 0 Å². The third-order valence-electron chi connectivity index (χ3n) is 4.67. The molecule has 2 fully saturated rings. The van der Waals surface area contributed by atoms with Crippen molar-refractivity contribution < 1.29 is 4.74 Å². The molecule has 2 rings (SSSR count). The van der Waals surface area contributed by atoms with Gasteiger partial charge < -0.3 is 10.5 Å². The number of nitrogens with two attached hydrogens (primary N) is 1. The summed E-state index contributed by atoms with van der Waals surface area (Å²) in [7, 11) is 0. The molecule has 0 aromatic heterocycles. The molecule has 3 nitrogen and oxygen atoms in total. The van der Waals surface area contributed by atoms with Crippen LogP contribution in [0.15, 0.2) is 0 Å². The van der Waals surface area contributed by atoms with Gasteiger partial charge in [0.2, 0.25) is 0 Å². The lowest BCUT2D eigenvalue weighted by atomic mass is 9.81. The molecule has 0 spiro atoms. The van der Waals surface area contributed by atoms with Gasteiger partial charge in [-0.25, -0.2) is 0 Å². The van der Waals surface area contributed by atoms with Gasteiger partial charge in [0.15, 0.2) is 0 Å². The monoisotopic (exact) mass is 226 g/mol. The van der Waals surface area contributed by atoms with E-state index in [9.17, 15) is 0 Å². The molecule has 0 aromatic carbocycles. The van der Waals surface area contributed by atoms with Gasteiger partial charge in [-0.1, -0.05) is 13.8 Å². The number of rotatable bonds is 2. The van der Waals surface area contributed by atoms with Crippen molar-refractivity contribution in [3.63, 3.8) is 0 Å². The van der Waals surface area contributed by atoms with E-state index in [4.69, 9.17) is 10.5 Å².